The van der Waals surface area contributed by atoms with Crippen molar-refractivity contribution in [1.82, 2.24) is 4.72 Å². The Labute approximate surface area is 152 Å². The fourth-order valence-corrected chi connectivity index (χ4v) is 4.70. The predicted molar refractivity (Wildman–Crippen MR) is 97.0 cm³/mol. The summed E-state index contributed by atoms with van der Waals surface area (Å²) in [5.41, 5.74) is 0.518. The van der Waals surface area contributed by atoms with Crippen LogP contribution in [0.3, 0.4) is 0 Å². The summed E-state index contributed by atoms with van der Waals surface area (Å²) >= 11 is 0. The molecule has 0 amide bonds. The lowest BCUT2D eigenvalue weighted by Gasteiger charge is -2.10. The Morgan fingerprint density at radius 3 is 2.15 bits per heavy atom. The third kappa shape index (κ3) is 4.29. The van der Waals surface area contributed by atoms with Crippen LogP contribution in [-0.2, 0) is 20.0 Å². The molecule has 0 heterocycles. The number of carbonyl (C=O) groups is 1. The fraction of sp³-hybridized carbons (Fsp3) is 0.235. The summed E-state index contributed by atoms with van der Waals surface area (Å²) in [4.78, 5) is 11.4. The summed E-state index contributed by atoms with van der Waals surface area (Å²) in [5.74, 6) is -0.236. The van der Waals surface area contributed by atoms with E-state index in [9.17, 15) is 21.6 Å². The van der Waals surface area contributed by atoms with Crippen molar-refractivity contribution in [3.8, 4) is 0 Å². The largest absolute Gasteiger partial charge is 0.295 e. The Morgan fingerprint density at radius 2 is 1.58 bits per heavy atom. The summed E-state index contributed by atoms with van der Waals surface area (Å²) in [6, 6.07) is 11.1. The maximum Gasteiger partial charge on any atom is 0.261 e. The molecule has 0 spiro atoms. The molecule has 2 aromatic carbocycles. The minimum atomic E-state index is -3.89. The van der Waals surface area contributed by atoms with Crippen LogP contribution < -0.4 is 9.44 Å². The van der Waals surface area contributed by atoms with Crippen molar-refractivity contribution in [3.05, 3.63) is 54.1 Å². The van der Waals surface area contributed by atoms with Gasteiger partial charge in [0.2, 0.25) is 10.0 Å². The van der Waals surface area contributed by atoms with E-state index in [1.807, 2.05) is 0 Å². The molecule has 0 aromatic heterocycles. The summed E-state index contributed by atoms with van der Waals surface area (Å²) in [7, 11) is -7.48. The normalized spacial score (nSPS) is 14.8. The highest BCUT2D eigenvalue weighted by Crippen LogP contribution is 2.23. The third-order valence-electron chi connectivity index (χ3n) is 3.87. The molecule has 0 saturated heterocycles. The van der Waals surface area contributed by atoms with Gasteiger partial charge in [0, 0.05) is 17.3 Å². The van der Waals surface area contributed by atoms with E-state index in [-0.39, 0.29) is 27.3 Å². The molecule has 1 aliphatic carbocycles. The topological polar surface area (TPSA) is 109 Å². The number of hydrogen-bond donors (Lipinski definition) is 2. The first-order valence-corrected chi connectivity index (χ1v) is 10.9. The van der Waals surface area contributed by atoms with E-state index in [1.165, 1.54) is 55.5 Å². The number of anilines is 1. The molecule has 0 atom stereocenters. The van der Waals surface area contributed by atoms with Gasteiger partial charge in [-0.3, -0.25) is 9.52 Å². The molecule has 0 aliphatic heterocycles. The molecule has 2 aromatic rings. The number of rotatable bonds is 7. The van der Waals surface area contributed by atoms with E-state index in [2.05, 4.69) is 9.44 Å². The van der Waals surface area contributed by atoms with Crippen LogP contribution in [0.4, 0.5) is 5.69 Å². The minimum absolute atomic E-state index is 0.00766. The quantitative estimate of drug-likeness (QED) is 0.699. The van der Waals surface area contributed by atoms with E-state index in [0.717, 1.165) is 12.8 Å². The van der Waals surface area contributed by atoms with Crippen molar-refractivity contribution < 1.29 is 21.6 Å². The van der Waals surface area contributed by atoms with Gasteiger partial charge in [-0.2, -0.15) is 0 Å². The Bertz CT molecular complexity index is 1040. The van der Waals surface area contributed by atoms with Crippen LogP contribution in [0, 0.1) is 0 Å². The maximum absolute atomic E-state index is 12.5. The molecule has 26 heavy (non-hydrogen) atoms. The highest BCUT2D eigenvalue weighted by Gasteiger charge is 2.28. The molecule has 1 fully saturated rings. The van der Waals surface area contributed by atoms with Crippen molar-refractivity contribution in [3.63, 3.8) is 0 Å². The van der Waals surface area contributed by atoms with E-state index in [0.29, 0.717) is 5.56 Å². The average Bonchev–Trinajstić information content (AvgIpc) is 3.38. The maximum atomic E-state index is 12.5. The first-order valence-electron chi connectivity index (χ1n) is 7.94. The molecule has 0 radical (unpaired) electrons. The molecular weight excluding hydrogens is 376 g/mol. The Morgan fingerprint density at radius 1 is 0.923 bits per heavy atom. The van der Waals surface area contributed by atoms with E-state index < -0.39 is 20.0 Å². The van der Waals surface area contributed by atoms with Gasteiger partial charge in [0.1, 0.15) is 0 Å². The van der Waals surface area contributed by atoms with E-state index >= 15 is 0 Å². The number of ketones is 1. The Balaban J connectivity index is 1.79. The molecular formula is C17H18N2O5S2. The van der Waals surface area contributed by atoms with Crippen molar-refractivity contribution in [1.29, 1.82) is 0 Å². The van der Waals surface area contributed by atoms with Crippen LogP contribution in [0.25, 0.3) is 0 Å². The first-order chi connectivity index (χ1) is 12.2. The minimum Gasteiger partial charge on any atom is -0.295 e. The van der Waals surface area contributed by atoms with Crippen molar-refractivity contribution in [2.24, 2.45) is 0 Å². The van der Waals surface area contributed by atoms with Crippen molar-refractivity contribution in [2.75, 3.05) is 4.72 Å². The zero-order valence-corrected chi connectivity index (χ0v) is 15.6. The number of Topliss-reactive ketones (excluding diaryl/α,β-unsaturated/α-hetero) is 1. The van der Waals surface area contributed by atoms with E-state index in [4.69, 9.17) is 0 Å². The SMILES string of the molecule is CC(=O)c1cccc(S(=O)(=O)Nc2ccc(S(=O)(=O)NC3CC3)cc2)c1. The summed E-state index contributed by atoms with van der Waals surface area (Å²) in [5, 5.41) is 0. The molecule has 0 unspecified atom stereocenters. The van der Waals surface area contributed by atoms with Gasteiger partial charge in [0.25, 0.3) is 10.0 Å². The molecule has 3 rings (SSSR count). The third-order valence-corrected chi connectivity index (χ3v) is 6.78. The summed E-state index contributed by atoms with van der Waals surface area (Å²) in [6.45, 7) is 1.36. The zero-order chi connectivity index (χ0) is 18.9. The second-order valence-electron chi connectivity index (χ2n) is 6.11. The predicted octanol–water partition coefficient (Wildman–Crippen LogP) is 2.13. The smallest absolute Gasteiger partial charge is 0.261 e. The van der Waals surface area contributed by atoms with Crippen LogP contribution >= 0.6 is 0 Å². The monoisotopic (exact) mass is 394 g/mol. The van der Waals surface area contributed by atoms with E-state index in [1.54, 1.807) is 0 Å². The van der Waals surface area contributed by atoms with Crippen LogP contribution in [0.15, 0.2) is 58.3 Å². The number of carbonyl (C=O) groups excluding carboxylic acids is 1. The van der Waals surface area contributed by atoms with Crippen LogP contribution in [0.1, 0.15) is 30.1 Å². The number of nitrogens with one attached hydrogen (secondary N) is 2. The van der Waals surface area contributed by atoms with Gasteiger partial charge in [-0.05, 0) is 56.2 Å². The molecule has 2 N–H and O–H groups in total. The molecule has 7 nitrogen and oxygen atoms in total. The van der Waals surface area contributed by atoms with Gasteiger partial charge in [-0.15, -0.1) is 0 Å². The van der Waals surface area contributed by atoms with Gasteiger partial charge in [-0.25, -0.2) is 21.6 Å². The number of benzene rings is 2. The lowest BCUT2D eigenvalue weighted by molar-refractivity contribution is 0.101. The molecule has 1 saturated carbocycles. The lowest BCUT2D eigenvalue weighted by atomic mass is 10.2. The standard InChI is InChI=1S/C17H18N2O5S2/c1-12(20)13-3-2-4-17(11-13)26(23,24)19-15-7-9-16(10-8-15)25(21,22)18-14-5-6-14/h2-4,7-11,14,18-19H,5-6H2,1H3. The van der Waals surface area contributed by atoms with Gasteiger partial charge in [0.05, 0.1) is 9.79 Å². The van der Waals surface area contributed by atoms with Crippen LogP contribution in [-0.4, -0.2) is 28.7 Å². The zero-order valence-electron chi connectivity index (χ0n) is 14.0. The summed E-state index contributed by atoms with van der Waals surface area (Å²) < 4.78 is 54.1. The second-order valence-corrected chi connectivity index (χ2v) is 9.51. The summed E-state index contributed by atoms with van der Waals surface area (Å²) in [6.07, 6.45) is 1.66. The highest BCUT2D eigenvalue weighted by molar-refractivity contribution is 7.92. The molecule has 0 bridgehead atoms. The molecule has 9 heteroatoms. The van der Waals surface area contributed by atoms with Crippen molar-refractivity contribution >= 4 is 31.5 Å². The molecule has 138 valence electrons. The van der Waals surface area contributed by atoms with Crippen molar-refractivity contribution in [2.45, 2.75) is 35.6 Å². The molecule has 1 aliphatic rings. The number of hydrogen-bond acceptors (Lipinski definition) is 5. The second kappa shape index (κ2) is 6.82. The fourth-order valence-electron chi connectivity index (χ4n) is 2.29. The average molecular weight is 394 g/mol. The number of sulfonamides is 2. The Kier molecular flexibility index (Phi) is 4.87. The van der Waals surface area contributed by atoms with Crippen LogP contribution in [0.2, 0.25) is 0 Å². The van der Waals surface area contributed by atoms with Gasteiger partial charge in [0.15, 0.2) is 5.78 Å². The highest BCUT2D eigenvalue weighted by atomic mass is 32.2. The van der Waals surface area contributed by atoms with Gasteiger partial charge in [-0.1, -0.05) is 12.1 Å². The van der Waals surface area contributed by atoms with Gasteiger partial charge >= 0.3 is 0 Å². The van der Waals surface area contributed by atoms with Crippen LogP contribution in [0.5, 0.6) is 0 Å². The first kappa shape index (κ1) is 18.6. The van der Waals surface area contributed by atoms with Gasteiger partial charge < -0.3 is 0 Å². The lowest BCUT2D eigenvalue weighted by Crippen LogP contribution is -2.25. The Hall–Kier alpha value is -2.23.